The molecule has 11 heteroatoms. The summed E-state index contributed by atoms with van der Waals surface area (Å²) in [6, 6.07) is 5.02. The molecule has 5 unspecified atom stereocenters. The topological polar surface area (TPSA) is 179 Å². The van der Waals surface area contributed by atoms with E-state index in [1.165, 1.54) is 6.33 Å². The van der Waals surface area contributed by atoms with Crippen LogP contribution in [0.25, 0.3) is 0 Å². The van der Waals surface area contributed by atoms with Crippen molar-refractivity contribution in [2.24, 2.45) is 17.6 Å². The van der Waals surface area contributed by atoms with Crippen molar-refractivity contribution >= 4 is 23.7 Å². The Morgan fingerprint density at radius 3 is 2.03 bits per heavy atom. The lowest BCUT2D eigenvalue weighted by atomic mass is 9.98. The first-order valence-corrected chi connectivity index (χ1v) is 12.9. The molecule has 2 rings (SSSR count). The summed E-state index contributed by atoms with van der Waals surface area (Å²) in [6.45, 7) is 7.49. The highest BCUT2D eigenvalue weighted by molar-refractivity contribution is 5.94. The smallest absolute Gasteiger partial charge is 0.326 e. The Hall–Kier alpha value is -3.73. The molecule has 2 aromatic rings. The first kappa shape index (κ1) is 30.5. The maximum atomic E-state index is 13.5. The van der Waals surface area contributed by atoms with Gasteiger partial charge in [-0.2, -0.15) is 0 Å². The summed E-state index contributed by atoms with van der Waals surface area (Å²) in [4.78, 5) is 58.2. The van der Waals surface area contributed by atoms with E-state index in [2.05, 4.69) is 25.9 Å². The summed E-state index contributed by atoms with van der Waals surface area (Å²) >= 11 is 0. The number of carbonyl (C=O) groups excluding carboxylic acids is 3. The number of aromatic amines is 1. The van der Waals surface area contributed by atoms with Crippen molar-refractivity contribution in [3.05, 3.63) is 54.1 Å². The second-order valence-electron chi connectivity index (χ2n) is 10.0. The fourth-order valence-corrected chi connectivity index (χ4v) is 3.90. The molecule has 5 atom stereocenters. The number of nitrogens with one attached hydrogen (secondary N) is 4. The maximum absolute atomic E-state index is 13.5. The van der Waals surface area contributed by atoms with Gasteiger partial charge in [0.25, 0.3) is 0 Å². The molecule has 3 amide bonds. The Bertz CT molecular complexity index is 1040. The summed E-state index contributed by atoms with van der Waals surface area (Å²) in [7, 11) is 0. The first-order chi connectivity index (χ1) is 18.0. The van der Waals surface area contributed by atoms with E-state index >= 15 is 0 Å². The van der Waals surface area contributed by atoms with Gasteiger partial charge >= 0.3 is 5.97 Å². The van der Waals surface area contributed by atoms with E-state index in [9.17, 15) is 24.3 Å². The monoisotopic (exact) mass is 528 g/mol. The normalized spacial score (nSPS) is 15.1. The molecule has 0 aliphatic carbocycles. The number of aliphatic carboxylic acids is 1. The summed E-state index contributed by atoms with van der Waals surface area (Å²) < 4.78 is 0. The van der Waals surface area contributed by atoms with Crippen LogP contribution in [0.2, 0.25) is 0 Å². The summed E-state index contributed by atoms with van der Waals surface area (Å²) in [5.41, 5.74) is 7.46. The van der Waals surface area contributed by atoms with E-state index in [-0.39, 0.29) is 31.1 Å². The van der Waals surface area contributed by atoms with Gasteiger partial charge in [0.2, 0.25) is 17.7 Å². The standard InChI is InChI=1S/C27H40N6O5/c1-5-17(4)23(28)26(36)32-21(13-19-14-29-15-30-19)25(35)31-20(12-18-9-7-6-8-10-18)24(34)33-22(27(37)38)11-16(2)3/h6-10,14-17,20-23H,5,11-13,28H2,1-4H3,(H,29,30)(H,31,35)(H,32,36)(H,33,34)(H,37,38). The average Bonchev–Trinajstić information content (AvgIpc) is 3.39. The second-order valence-corrected chi connectivity index (χ2v) is 10.0. The molecule has 0 radical (unpaired) electrons. The van der Waals surface area contributed by atoms with E-state index in [0.29, 0.717) is 12.1 Å². The van der Waals surface area contributed by atoms with Gasteiger partial charge in [-0.25, -0.2) is 9.78 Å². The zero-order valence-corrected chi connectivity index (χ0v) is 22.4. The van der Waals surface area contributed by atoms with E-state index in [0.717, 1.165) is 5.56 Å². The third-order valence-corrected chi connectivity index (χ3v) is 6.41. The molecule has 0 spiro atoms. The predicted octanol–water partition coefficient (Wildman–Crippen LogP) is 1.15. The molecule has 38 heavy (non-hydrogen) atoms. The molecule has 1 heterocycles. The molecule has 0 saturated heterocycles. The van der Waals surface area contributed by atoms with Gasteiger partial charge in [-0.1, -0.05) is 64.4 Å². The number of aromatic nitrogens is 2. The lowest BCUT2D eigenvalue weighted by Crippen LogP contribution is -2.58. The van der Waals surface area contributed by atoms with Crippen LogP contribution in [0.5, 0.6) is 0 Å². The molecule has 208 valence electrons. The Labute approximate surface area is 223 Å². The van der Waals surface area contributed by atoms with Crippen LogP contribution in [0, 0.1) is 11.8 Å². The number of nitrogens with zero attached hydrogens (tertiary/aromatic N) is 1. The minimum atomic E-state index is -1.15. The number of nitrogens with two attached hydrogens (primary N) is 1. The molecular weight excluding hydrogens is 488 g/mol. The molecule has 0 aliphatic rings. The lowest BCUT2D eigenvalue weighted by molar-refractivity contribution is -0.142. The molecular formula is C27H40N6O5. The van der Waals surface area contributed by atoms with Gasteiger partial charge in [0, 0.05) is 24.7 Å². The quantitative estimate of drug-likeness (QED) is 0.201. The zero-order chi connectivity index (χ0) is 28.2. The van der Waals surface area contributed by atoms with Crippen LogP contribution >= 0.6 is 0 Å². The van der Waals surface area contributed by atoms with Crippen LogP contribution in [0.3, 0.4) is 0 Å². The third-order valence-electron chi connectivity index (χ3n) is 6.41. The molecule has 11 nitrogen and oxygen atoms in total. The Morgan fingerprint density at radius 1 is 0.921 bits per heavy atom. The molecule has 0 saturated carbocycles. The highest BCUT2D eigenvalue weighted by Gasteiger charge is 2.31. The summed E-state index contributed by atoms with van der Waals surface area (Å²) in [5.74, 6) is -2.93. The Balaban J connectivity index is 2.28. The number of amides is 3. The highest BCUT2D eigenvalue weighted by atomic mass is 16.4. The fraction of sp³-hybridized carbons (Fsp3) is 0.519. The van der Waals surface area contributed by atoms with Crippen molar-refractivity contribution in [2.45, 2.75) is 77.5 Å². The van der Waals surface area contributed by atoms with E-state index in [1.807, 2.05) is 58.0 Å². The minimum Gasteiger partial charge on any atom is -0.480 e. The van der Waals surface area contributed by atoms with Crippen LogP contribution in [0.15, 0.2) is 42.9 Å². The number of carboxylic acid groups (broad SMARTS) is 1. The van der Waals surface area contributed by atoms with Crippen molar-refractivity contribution in [1.29, 1.82) is 0 Å². The van der Waals surface area contributed by atoms with E-state index < -0.39 is 47.9 Å². The molecule has 1 aromatic heterocycles. The Morgan fingerprint density at radius 2 is 1.50 bits per heavy atom. The number of hydrogen-bond acceptors (Lipinski definition) is 6. The van der Waals surface area contributed by atoms with E-state index in [1.54, 1.807) is 6.20 Å². The number of H-pyrrole nitrogens is 1. The van der Waals surface area contributed by atoms with Gasteiger partial charge in [0.05, 0.1) is 12.4 Å². The Kier molecular flexibility index (Phi) is 11.9. The molecule has 0 bridgehead atoms. The maximum Gasteiger partial charge on any atom is 0.326 e. The summed E-state index contributed by atoms with van der Waals surface area (Å²) in [5, 5.41) is 17.6. The third kappa shape index (κ3) is 9.62. The van der Waals surface area contributed by atoms with Crippen molar-refractivity contribution < 1.29 is 24.3 Å². The van der Waals surface area contributed by atoms with Gasteiger partial charge in [-0.3, -0.25) is 14.4 Å². The largest absolute Gasteiger partial charge is 0.480 e. The van der Waals surface area contributed by atoms with Crippen LogP contribution in [0.4, 0.5) is 0 Å². The number of hydrogen-bond donors (Lipinski definition) is 6. The van der Waals surface area contributed by atoms with Crippen molar-refractivity contribution in [1.82, 2.24) is 25.9 Å². The highest BCUT2D eigenvalue weighted by Crippen LogP contribution is 2.10. The fourth-order valence-electron chi connectivity index (χ4n) is 3.90. The van der Waals surface area contributed by atoms with Crippen molar-refractivity contribution in [3.8, 4) is 0 Å². The molecule has 0 fully saturated rings. The van der Waals surface area contributed by atoms with Crippen molar-refractivity contribution in [3.63, 3.8) is 0 Å². The molecule has 1 aromatic carbocycles. The molecule has 0 aliphatic heterocycles. The van der Waals surface area contributed by atoms with Gasteiger partial charge in [-0.05, 0) is 23.8 Å². The summed E-state index contributed by atoms with van der Waals surface area (Å²) in [6.07, 6.45) is 4.15. The number of imidazole rings is 1. The average molecular weight is 529 g/mol. The SMILES string of the molecule is CCC(C)C(N)C(=O)NC(Cc1cnc[nH]1)C(=O)NC(Cc1ccccc1)C(=O)NC(CC(C)C)C(=O)O. The zero-order valence-electron chi connectivity index (χ0n) is 22.4. The van der Waals surface area contributed by atoms with Crippen LogP contribution < -0.4 is 21.7 Å². The van der Waals surface area contributed by atoms with Gasteiger partial charge < -0.3 is 31.8 Å². The minimum absolute atomic E-state index is 0.0299. The number of carbonyl (C=O) groups is 4. The van der Waals surface area contributed by atoms with Gasteiger partial charge in [0.15, 0.2) is 0 Å². The van der Waals surface area contributed by atoms with Crippen molar-refractivity contribution in [2.75, 3.05) is 0 Å². The van der Waals surface area contributed by atoms with Crippen LogP contribution in [-0.2, 0) is 32.0 Å². The first-order valence-electron chi connectivity index (χ1n) is 12.9. The van der Waals surface area contributed by atoms with Gasteiger partial charge in [-0.15, -0.1) is 0 Å². The lowest BCUT2D eigenvalue weighted by Gasteiger charge is -2.26. The predicted molar refractivity (Wildman–Crippen MR) is 143 cm³/mol. The number of rotatable bonds is 15. The van der Waals surface area contributed by atoms with E-state index in [4.69, 9.17) is 5.73 Å². The van der Waals surface area contributed by atoms with Crippen LogP contribution in [-0.4, -0.2) is 62.9 Å². The van der Waals surface area contributed by atoms with Crippen LogP contribution in [0.1, 0.15) is 51.8 Å². The van der Waals surface area contributed by atoms with Gasteiger partial charge in [0.1, 0.15) is 18.1 Å². The number of benzene rings is 1. The number of carboxylic acids is 1. The second kappa shape index (κ2) is 14.9. The molecule has 7 N–H and O–H groups in total.